The van der Waals surface area contributed by atoms with E-state index in [9.17, 15) is 9.59 Å². The molecular formula is C8H14N2O4. The molecule has 6 nitrogen and oxygen atoms in total. The van der Waals surface area contributed by atoms with Crippen LogP contribution in [0.1, 0.15) is 12.8 Å². The fourth-order valence-corrected chi connectivity index (χ4v) is 0.745. The highest BCUT2D eigenvalue weighted by molar-refractivity contribution is 5.93. The molecule has 0 rings (SSSR count). The molecule has 0 aliphatic carbocycles. The van der Waals surface area contributed by atoms with Gasteiger partial charge in [-0.25, -0.2) is 9.86 Å². The monoisotopic (exact) mass is 202 g/mol. The first-order valence-electron chi connectivity index (χ1n) is 4.19. The summed E-state index contributed by atoms with van der Waals surface area (Å²) in [5, 5.41) is 17.7. The van der Waals surface area contributed by atoms with Gasteiger partial charge >= 0.3 is 5.97 Å². The number of amides is 1. The smallest absolute Gasteiger partial charge is 0.328 e. The van der Waals surface area contributed by atoms with Crippen LogP contribution in [0, 0.1) is 0 Å². The van der Waals surface area contributed by atoms with Crippen molar-refractivity contribution in [3.63, 3.8) is 0 Å². The molecule has 0 aliphatic rings. The van der Waals surface area contributed by atoms with E-state index in [1.807, 2.05) is 0 Å². The topological polar surface area (TPSA) is 104 Å². The molecule has 0 heterocycles. The van der Waals surface area contributed by atoms with Gasteiger partial charge in [0.05, 0.1) is 0 Å². The normalized spacial score (nSPS) is 10.4. The first-order chi connectivity index (χ1) is 6.57. The standard InChI is InChI=1S/C8H14N2O4/c9-5-1-2-6-10(14)7(11)3-4-8(12)13/h3-4,14H,1-2,5-6,9H2,(H,12,13)/b4-3+. The summed E-state index contributed by atoms with van der Waals surface area (Å²) in [5.74, 6) is -1.97. The molecule has 0 bridgehead atoms. The number of hydrogen-bond acceptors (Lipinski definition) is 4. The zero-order valence-electron chi connectivity index (χ0n) is 7.72. The summed E-state index contributed by atoms with van der Waals surface area (Å²) >= 11 is 0. The van der Waals surface area contributed by atoms with Gasteiger partial charge in [0.1, 0.15) is 0 Å². The summed E-state index contributed by atoms with van der Waals surface area (Å²) < 4.78 is 0. The number of hydroxylamine groups is 2. The lowest BCUT2D eigenvalue weighted by Crippen LogP contribution is -2.27. The number of nitrogens with zero attached hydrogens (tertiary/aromatic N) is 1. The third kappa shape index (κ3) is 6.15. The van der Waals surface area contributed by atoms with Crippen LogP contribution in [0.25, 0.3) is 0 Å². The Bertz CT molecular complexity index is 227. The molecule has 0 fully saturated rings. The van der Waals surface area contributed by atoms with Crippen LogP contribution in [0.2, 0.25) is 0 Å². The molecule has 0 unspecified atom stereocenters. The fourth-order valence-electron chi connectivity index (χ4n) is 0.745. The zero-order chi connectivity index (χ0) is 11.0. The first-order valence-corrected chi connectivity index (χ1v) is 4.19. The Morgan fingerprint density at radius 2 is 1.93 bits per heavy atom. The van der Waals surface area contributed by atoms with Crippen LogP contribution >= 0.6 is 0 Å². The molecule has 0 radical (unpaired) electrons. The molecule has 0 aromatic rings. The number of unbranched alkanes of at least 4 members (excludes halogenated alkanes) is 1. The van der Waals surface area contributed by atoms with E-state index >= 15 is 0 Å². The Labute approximate surface area is 81.6 Å². The van der Waals surface area contributed by atoms with E-state index in [1.165, 1.54) is 0 Å². The molecule has 80 valence electrons. The van der Waals surface area contributed by atoms with Gasteiger partial charge in [0.2, 0.25) is 0 Å². The van der Waals surface area contributed by atoms with Gasteiger partial charge < -0.3 is 10.8 Å². The van der Waals surface area contributed by atoms with Crippen molar-refractivity contribution in [3.8, 4) is 0 Å². The fraction of sp³-hybridized carbons (Fsp3) is 0.500. The number of rotatable bonds is 6. The van der Waals surface area contributed by atoms with E-state index in [0.717, 1.165) is 6.08 Å². The Balaban J connectivity index is 3.81. The summed E-state index contributed by atoms with van der Waals surface area (Å²) in [7, 11) is 0. The van der Waals surface area contributed by atoms with Gasteiger partial charge in [-0.15, -0.1) is 0 Å². The van der Waals surface area contributed by atoms with Crippen LogP contribution in [0.5, 0.6) is 0 Å². The van der Waals surface area contributed by atoms with Crippen molar-refractivity contribution in [2.75, 3.05) is 13.1 Å². The van der Waals surface area contributed by atoms with Crippen molar-refractivity contribution in [1.29, 1.82) is 0 Å². The van der Waals surface area contributed by atoms with Crippen LogP contribution in [-0.2, 0) is 9.59 Å². The van der Waals surface area contributed by atoms with E-state index in [2.05, 4.69) is 0 Å². The molecule has 6 heteroatoms. The molecule has 0 aliphatic heterocycles. The Morgan fingerprint density at radius 3 is 2.43 bits per heavy atom. The van der Waals surface area contributed by atoms with Crippen molar-refractivity contribution in [2.45, 2.75) is 12.8 Å². The van der Waals surface area contributed by atoms with Gasteiger partial charge in [0, 0.05) is 18.7 Å². The van der Waals surface area contributed by atoms with Crippen molar-refractivity contribution in [1.82, 2.24) is 5.06 Å². The van der Waals surface area contributed by atoms with E-state index in [4.69, 9.17) is 16.0 Å². The minimum Gasteiger partial charge on any atom is -0.478 e. The lowest BCUT2D eigenvalue weighted by atomic mass is 10.3. The predicted molar refractivity (Wildman–Crippen MR) is 48.6 cm³/mol. The van der Waals surface area contributed by atoms with Gasteiger partial charge in [-0.05, 0) is 19.4 Å². The second-order valence-electron chi connectivity index (χ2n) is 2.63. The average molecular weight is 202 g/mol. The molecule has 0 atom stereocenters. The minimum absolute atomic E-state index is 0.153. The Hall–Kier alpha value is -1.40. The molecule has 1 amide bonds. The lowest BCUT2D eigenvalue weighted by molar-refractivity contribution is -0.159. The molecule has 4 N–H and O–H groups in total. The summed E-state index contributed by atoms with van der Waals surface area (Å²) in [6.45, 7) is 0.646. The number of nitrogens with two attached hydrogens (primary N) is 1. The number of carboxylic acids is 1. The summed E-state index contributed by atoms with van der Waals surface area (Å²) in [6, 6.07) is 0. The maximum absolute atomic E-state index is 10.9. The highest BCUT2D eigenvalue weighted by Gasteiger charge is 2.06. The van der Waals surface area contributed by atoms with Crippen molar-refractivity contribution in [3.05, 3.63) is 12.2 Å². The van der Waals surface area contributed by atoms with E-state index < -0.39 is 11.9 Å². The van der Waals surface area contributed by atoms with Crippen LogP contribution in [0.15, 0.2) is 12.2 Å². The van der Waals surface area contributed by atoms with Gasteiger partial charge in [0.15, 0.2) is 0 Å². The van der Waals surface area contributed by atoms with Crippen molar-refractivity contribution < 1.29 is 19.9 Å². The number of aliphatic carboxylic acids is 1. The summed E-state index contributed by atoms with van der Waals surface area (Å²) in [5.41, 5.74) is 5.21. The van der Waals surface area contributed by atoms with Crippen LogP contribution < -0.4 is 5.73 Å². The first kappa shape index (κ1) is 12.6. The van der Waals surface area contributed by atoms with Gasteiger partial charge in [-0.2, -0.15) is 0 Å². The third-order valence-electron chi connectivity index (χ3n) is 1.45. The van der Waals surface area contributed by atoms with Gasteiger partial charge in [-0.1, -0.05) is 0 Å². The maximum atomic E-state index is 10.9. The largest absolute Gasteiger partial charge is 0.478 e. The second kappa shape index (κ2) is 7.05. The highest BCUT2D eigenvalue weighted by Crippen LogP contribution is 1.92. The number of carbonyl (C=O) groups is 2. The van der Waals surface area contributed by atoms with Crippen LogP contribution in [-0.4, -0.2) is 40.3 Å². The maximum Gasteiger partial charge on any atom is 0.328 e. The Kier molecular flexibility index (Phi) is 6.34. The lowest BCUT2D eigenvalue weighted by Gasteiger charge is -2.11. The average Bonchev–Trinajstić information content (AvgIpc) is 2.14. The summed E-state index contributed by atoms with van der Waals surface area (Å²) in [6.07, 6.45) is 2.76. The minimum atomic E-state index is -1.23. The van der Waals surface area contributed by atoms with E-state index in [0.29, 0.717) is 30.5 Å². The van der Waals surface area contributed by atoms with Crippen molar-refractivity contribution >= 4 is 11.9 Å². The van der Waals surface area contributed by atoms with E-state index in [1.54, 1.807) is 0 Å². The molecule has 0 saturated carbocycles. The molecule has 14 heavy (non-hydrogen) atoms. The third-order valence-corrected chi connectivity index (χ3v) is 1.45. The van der Waals surface area contributed by atoms with Crippen LogP contribution in [0.4, 0.5) is 0 Å². The molecular weight excluding hydrogens is 188 g/mol. The number of carboxylic acid groups (broad SMARTS) is 1. The zero-order valence-corrected chi connectivity index (χ0v) is 7.72. The molecule has 0 aromatic heterocycles. The van der Waals surface area contributed by atoms with E-state index in [-0.39, 0.29) is 6.54 Å². The quantitative estimate of drug-likeness (QED) is 0.235. The number of hydrogen-bond donors (Lipinski definition) is 3. The summed E-state index contributed by atoms with van der Waals surface area (Å²) in [4.78, 5) is 21.0. The molecule has 0 aromatic carbocycles. The molecule has 0 spiro atoms. The second-order valence-corrected chi connectivity index (χ2v) is 2.63. The predicted octanol–water partition coefficient (Wildman–Crippen LogP) is -0.416. The number of carbonyl (C=O) groups excluding carboxylic acids is 1. The van der Waals surface area contributed by atoms with Crippen molar-refractivity contribution in [2.24, 2.45) is 5.73 Å². The van der Waals surface area contributed by atoms with Gasteiger partial charge in [0.25, 0.3) is 5.91 Å². The van der Waals surface area contributed by atoms with Crippen LogP contribution in [0.3, 0.4) is 0 Å². The van der Waals surface area contributed by atoms with Gasteiger partial charge in [-0.3, -0.25) is 10.0 Å². The highest BCUT2D eigenvalue weighted by atomic mass is 16.5. The SMILES string of the molecule is NCCCCN(O)C(=O)/C=C/C(=O)O. The molecule has 0 saturated heterocycles. The Morgan fingerprint density at radius 1 is 1.29 bits per heavy atom.